The van der Waals surface area contributed by atoms with Crippen LogP contribution in [0.4, 0.5) is 9.93 Å². The Bertz CT molecular complexity index is 1170. The number of fused-ring (bicyclic) bond motifs is 1. The monoisotopic (exact) mass is 420 g/mol. The summed E-state index contributed by atoms with van der Waals surface area (Å²) in [6.07, 6.45) is 4.51. The molecular formula is C22H24N6OS. The van der Waals surface area contributed by atoms with Gasteiger partial charge in [-0.05, 0) is 30.5 Å². The number of benzene rings is 1. The van der Waals surface area contributed by atoms with Crippen molar-refractivity contribution in [3.05, 3.63) is 76.7 Å². The third kappa shape index (κ3) is 4.49. The van der Waals surface area contributed by atoms with E-state index in [-0.39, 0.29) is 18.0 Å². The Morgan fingerprint density at radius 2 is 2.03 bits per heavy atom. The Kier molecular flexibility index (Phi) is 5.76. The first-order valence-corrected chi connectivity index (χ1v) is 10.7. The van der Waals surface area contributed by atoms with E-state index >= 15 is 0 Å². The van der Waals surface area contributed by atoms with Crippen molar-refractivity contribution in [1.29, 1.82) is 0 Å². The van der Waals surface area contributed by atoms with Crippen LogP contribution in [-0.2, 0) is 6.42 Å². The molecule has 0 aliphatic rings. The fraction of sp³-hybridized carbons (Fsp3) is 0.273. The average molecular weight is 421 g/mol. The quantitative estimate of drug-likeness (QED) is 0.477. The molecule has 3 aromatic heterocycles. The predicted octanol–water partition coefficient (Wildman–Crippen LogP) is 4.60. The van der Waals surface area contributed by atoms with Crippen molar-refractivity contribution in [2.75, 3.05) is 5.32 Å². The minimum absolute atomic E-state index is 0.136. The van der Waals surface area contributed by atoms with Crippen LogP contribution < -0.4 is 10.6 Å². The summed E-state index contributed by atoms with van der Waals surface area (Å²) < 4.78 is 1.90. The van der Waals surface area contributed by atoms with E-state index in [4.69, 9.17) is 0 Å². The number of hydrogen-bond donors (Lipinski definition) is 2. The fourth-order valence-corrected chi connectivity index (χ4v) is 4.19. The molecule has 1 atom stereocenters. The van der Waals surface area contributed by atoms with Crippen molar-refractivity contribution in [2.24, 2.45) is 5.92 Å². The third-order valence-corrected chi connectivity index (χ3v) is 5.72. The number of nitrogens with one attached hydrogen (secondary N) is 2. The zero-order chi connectivity index (χ0) is 21.1. The molecule has 2 amide bonds. The number of urea groups is 1. The molecule has 0 saturated heterocycles. The third-order valence-electron chi connectivity index (χ3n) is 4.81. The number of thiazole rings is 1. The van der Waals surface area contributed by atoms with Crippen molar-refractivity contribution in [1.82, 2.24) is 24.9 Å². The zero-order valence-corrected chi connectivity index (χ0v) is 18.0. The van der Waals surface area contributed by atoms with Gasteiger partial charge in [0.25, 0.3) is 0 Å². The van der Waals surface area contributed by atoms with Crippen LogP contribution in [0.3, 0.4) is 0 Å². The summed E-state index contributed by atoms with van der Waals surface area (Å²) in [7, 11) is 0. The highest BCUT2D eigenvalue weighted by molar-refractivity contribution is 7.15. The van der Waals surface area contributed by atoms with Gasteiger partial charge in [-0.15, -0.1) is 21.5 Å². The number of carbonyl (C=O) groups excluding carboxylic acids is 1. The molecule has 4 rings (SSSR count). The van der Waals surface area contributed by atoms with Crippen LogP contribution in [0.5, 0.6) is 0 Å². The van der Waals surface area contributed by atoms with E-state index in [9.17, 15) is 4.79 Å². The molecule has 7 nitrogen and oxygen atoms in total. The SMILES string of the molecule is Cc1cccc(Cc2cnc(NC(=O)NC(c3nnc4ccccn34)C(C)C)s2)c1. The van der Waals surface area contributed by atoms with E-state index in [1.54, 1.807) is 0 Å². The van der Waals surface area contributed by atoms with E-state index in [0.29, 0.717) is 11.0 Å². The van der Waals surface area contributed by atoms with Crippen LogP contribution in [-0.4, -0.2) is 25.6 Å². The lowest BCUT2D eigenvalue weighted by Gasteiger charge is -2.20. The van der Waals surface area contributed by atoms with Gasteiger partial charge in [0.2, 0.25) is 0 Å². The molecule has 0 bridgehead atoms. The Labute approximate surface area is 179 Å². The summed E-state index contributed by atoms with van der Waals surface area (Å²) in [6, 6.07) is 13.5. The Hall–Kier alpha value is -3.26. The second-order valence-corrected chi connectivity index (χ2v) is 8.72. The molecule has 30 heavy (non-hydrogen) atoms. The number of carbonyl (C=O) groups is 1. The molecule has 2 N–H and O–H groups in total. The summed E-state index contributed by atoms with van der Waals surface area (Å²) >= 11 is 1.48. The highest BCUT2D eigenvalue weighted by atomic mass is 32.1. The number of nitrogens with zero attached hydrogens (tertiary/aromatic N) is 4. The standard InChI is InChI=1S/C22H24N6OS/c1-14(2)19(20-27-26-18-9-4-5-10-28(18)20)24-21(29)25-22-23-13-17(30-22)12-16-8-6-7-15(3)11-16/h4-11,13-14,19H,12H2,1-3H3,(H2,23,24,25,29). The highest BCUT2D eigenvalue weighted by Crippen LogP contribution is 2.23. The molecule has 4 aromatic rings. The number of rotatable bonds is 6. The maximum Gasteiger partial charge on any atom is 0.321 e. The lowest BCUT2D eigenvalue weighted by molar-refractivity contribution is 0.243. The van der Waals surface area contributed by atoms with Crippen molar-refractivity contribution >= 4 is 28.1 Å². The van der Waals surface area contributed by atoms with E-state index in [0.717, 1.165) is 16.9 Å². The van der Waals surface area contributed by atoms with Gasteiger partial charge in [-0.2, -0.15) is 0 Å². The van der Waals surface area contributed by atoms with Crippen LogP contribution in [0, 0.1) is 12.8 Å². The number of aromatic nitrogens is 4. The fourth-order valence-electron chi connectivity index (χ4n) is 3.35. The Morgan fingerprint density at radius 3 is 2.83 bits per heavy atom. The maximum absolute atomic E-state index is 12.7. The number of amides is 2. The first-order valence-electron chi connectivity index (χ1n) is 9.87. The topological polar surface area (TPSA) is 84.2 Å². The van der Waals surface area contributed by atoms with Gasteiger partial charge in [0.05, 0.1) is 6.04 Å². The van der Waals surface area contributed by atoms with Crippen LogP contribution in [0.2, 0.25) is 0 Å². The lowest BCUT2D eigenvalue weighted by atomic mass is 10.0. The summed E-state index contributed by atoms with van der Waals surface area (Å²) in [5.41, 5.74) is 3.21. The van der Waals surface area contributed by atoms with Crippen molar-refractivity contribution in [2.45, 2.75) is 33.2 Å². The molecule has 8 heteroatoms. The predicted molar refractivity (Wildman–Crippen MR) is 119 cm³/mol. The van der Waals surface area contributed by atoms with Crippen molar-refractivity contribution in [3.8, 4) is 0 Å². The highest BCUT2D eigenvalue weighted by Gasteiger charge is 2.24. The van der Waals surface area contributed by atoms with E-state index in [1.807, 2.05) is 48.8 Å². The molecule has 0 saturated carbocycles. The van der Waals surface area contributed by atoms with Gasteiger partial charge in [-0.1, -0.05) is 49.7 Å². The van der Waals surface area contributed by atoms with Crippen molar-refractivity contribution < 1.29 is 4.79 Å². The summed E-state index contributed by atoms with van der Waals surface area (Å²) in [4.78, 5) is 18.1. The van der Waals surface area contributed by atoms with Gasteiger partial charge in [0.15, 0.2) is 16.6 Å². The maximum atomic E-state index is 12.7. The van der Waals surface area contributed by atoms with Crippen LogP contribution in [0.25, 0.3) is 5.65 Å². The molecule has 1 unspecified atom stereocenters. The molecule has 0 radical (unpaired) electrons. The average Bonchev–Trinajstić information content (AvgIpc) is 3.33. The number of anilines is 1. The van der Waals surface area contributed by atoms with Crippen LogP contribution in [0.1, 0.15) is 41.7 Å². The van der Waals surface area contributed by atoms with Gasteiger partial charge < -0.3 is 5.32 Å². The summed E-state index contributed by atoms with van der Waals surface area (Å²) in [5, 5.41) is 14.9. The smallest absolute Gasteiger partial charge is 0.321 e. The van der Waals surface area contributed by atoms with Gasteiger partial charge in [-0.25, -0.2) is 9.78 Å². The normalized spacial score (nSPS) is 12.3. The molecule has 3 heterocycles. The van der Waals surface area contributed by atoms with Gasteiger partial charge in [-0.3, -0.25) is 9.72 Å². The van der Waals surface area contributed by atoms with E-state index < -0.39 is 0 Å². The minimum atomic E-state index is -0.308. The lowest BCUT2D eigenvalue weighted by Crippen LogP contribution is -2.36. The molecule has 0 fully saturated rings. The van der Waals surface area contributed by atoms with E-state index in [1.165, 1.54) is 22.5 Å². The number of pyridine rings is 1. The zero-order valence-electron chi connectivity index (χ0n) is 17.2. The Balaban J connectivity index is 1.44. The van der Waals surface area contributed by atoms with Gasteiger partial charge in [0.1, 0.15) is 0 Å². The van der Waals surface area contributed by atoms with Crippen LogP contribution in [0.15, 0.2) is 54.9 Å². The molecular weight excluding hydrogens is 396 g/mol. The molecule has 0 aliphatic carbocycles. The largest absolute Gasteiger partial charge is 0.328 e. The number of hydrogen-bond acceptors (Lipinski definition) is 5. The molecule has 154 valence electrons. The molecule has 1 aromatic carbocycles. The van der Waals surface area contributed by atoms with Crippen LogP contribution >= 0.6 is 11.3 Å². The van der Waals surface area contributed by atoms with Crippen molar-refractivity contribution in [3.63, 3.8) is 0 Å². The van der Waals surface area contributed by atoms with E-state index in [2.05, 4.69) is 57.0 Å². The summed E-state index contributed by atoms with van der Waals surface area (Å²) in [5.74, 6) is 0.839. The second-order valence-electron chi connectivity index (χ2n) is 7.60. The first kappa shape index (κ1) is 20.0. The first-order chi connectivity index (χ1) is 14.5. The number of aryl methyl sites for hydroxylation is 1. The van der Waals surface area contributed by atoms with Gasteiger partial charge in [0, 0.05) is 23.7 Å². The second kappa shape index (κ2) is 8.62. The molecule has 0 aliphatic heterocycles. The van der Waals surface area contributed by atoms with Gasteiger partial charge >= 0.3 is 6.03 Å². The minimum Gasteiger partial charge on any atom is -0.328 e. The summed E-state index contributed by atoms with van der Waals surface area (Å²) in [6.45, 7) is 6.16. The molecule has 0 spiro atoms. The Morgan fingerprint density at radius 1 is 1.17 bits per heavy atom.